The Hall–Kier alpha value is -3.74. The molecule has 0 amide bonds. The average molecular weight is 456 g/mol. The summed E-state index contributed by atoms with van der Waals surface area (Å²) >= 11 is 6.63. The lowest BCUT2D eigenvalue weighted by Crippen LogP contribution is -2.31. The van der Waals surface area contributed by atoms with Crippen LogP contribution in [0.2, 0.25) is 5.15 Å². The van der Waals surface area contributed by atoms with E-state index in [9.17, 15) is 5.11 Å². The molecule has 2 N–H and O–H groups in total. The Balaban J connectivity index is 1.81. The van der Waals surface area contributed by atoms with Crippen molar-refractivity contribution in [2.75, 3.05) is 12.4 Å². The van der Waals surface area contributed by atoms with Crippen LogP contribution >= 0.6 is 11.6 Å². The second-order valence-electron chi connectivity index (χ2n) is 7.84. The molecule has 3 aromatic heterocycles. The van der Waals surface area contributed by atoms with Gasteiger partial charge in [0, 0.05) is 37.4 Å². The summed E-state index contributed by atoms with van der Waals surface area (Å²) in [6.45, 7) is 0. The lowest BCUT2D eigenvalue weighted by Gasteiger charge is -2.30. The highest BCUT2D eigenvalue weighted by Crippen LogP contribution is 2.42. The van der Waals surface area contributed by atoms with Crippen molar-refractivity contribution in [3.8, 4) is 11.1 Å². The smallest absolute Gasteiger partial charge is 0.157 e. The number of anilines is 1. The number of aliphatic hydroxyl groups is 1. The molecule has 7 heteroatoms. The lowest BCUT2D eigenvalue weighted by molar-refractivity contribution is 0.117. The van der Waals surface area contributed by atoms with Crippen molar-refractivity contribution >= 4 is 28.2 Å². The number of hydrogen-bond donors (Lipinski definition) is 2. The van der Waals surface area contributed by atoms with Gasteiger partial charge >= 0.3 is 0 Å². The molecular weight excluding hydrogens is 434 g/mol. The van der Waals surface area contributed by atoms with Gasteiger partial charge in [-0.3, -0.25) is 4.98 Å². The summed E-state index contributed by atoms with van der Waals surface area (Å²) in [6.07, 6.45) is 6.70. The van der Waals surface area contributed by atoms with Crippen molar-refractivity contribution in [1.29, 1.82) is 0 Å². The van der Waals surface area contributed by atoms with Crippen molar-refractivity contribution < 1.29 is 5.11 Å². The molecule has 0 saturated heterocycles. The molecule has 33 heavy (non-hydrogen) atoms. The first kappa shape index (κ1) is 21.1. The molecule has 0 aliphatic carbocycles. The van der Waals surface area contributed by atoms with Crippen molar-refractivity contribution in [1.82, 2.24) is 19.5 Å². The van der Waals surface area contributed by atoms with E-state index in [0.29, 0.717) is 22.0 Å². The number of nitrogens with one attached hydrogen (secondary N) is 1. The number of pyridine rings is 2. The Bertz CT molecular complexity index is 1440. The number of nitrogens with zero attached hydrogens (tertiary/aromatic N) is 4. The fourth-order valence-corrected chi connectivity index (χ4v) is 4.64. The first-order valence-corrected chi connectivity index (χ1v) is 10.9. The molecule has 2 aromatic carbocycles. The summed E-state index contributed by atoms with van der Waals surface area (Å²) in [6, 6.07) is 19.3. The zero-order valence-electron chi connectivity index (χ0n) is 18.2. The van der Waals surface area contributed by atoms with Gasteiger partial charge in [-0.1, -0.05) is 48.0 Å². The monoisotopic (exact) mass is 455 g/mol. The zero-order chi connectivity index (χ0) is 23.0. The van der Waals surface area contributed by atoms with Gasteiger partial charge < -0.3 is 15.0 Å². The van der Waals surface area contributed by atoms with Gasteiger partial charge in [0.05, 0.1) is 29.4 Å². The average Bonchev–Trinajstić information content (AvgIpc) is 3.29. The van der Waals surface area contributed by atoms with Crippen LogP contribution in [0, 0.1) is 0 Å². The molecular formula is C26H22ClN5O. The maximum Gasteiger partial charge on any atom is 0.157 e. The number of fused-ring (bicyclic) bond motifs is 1. The van der Waals surface area contributed by atoms with Gasteiger partial charge in [0.25, 0.3) is 0 Å². The fraction of sp³-hybridized carbons (Fsp3) is 0.115. The molecule has 1 atom stereocenters. The first-order valence-electron chi connectivity index (χ1n) is 10.5. The summed E-state index contributed by atoms with van der Waals surface area (Å²) in [5, 5.41) is 16.8. The maximum atomic E-state index is 12.2. The molecule has 5 aromatic rings. The quantitative estimate of drug-likeness (QED) is 0.364. The fourth-order valence-electron chi connectivity index (χ4n) is 4.35. The second-order valence-corrected chi connectivity index (χ2v) is 8.19. The molecule has 0 radical (unpaired) electrons. The number of aromatic nitrogens is 4. The zero-order valence-corrected chi connectivity index (χ0v) is 19.0. The van der Waals surface area contributed by atoms with E-state index in [1.807, 2.05) is 79.3 Å². The van der Waals surface area contributed by atoms with Crippen LogP contribution in [-0.4, -0.2) is 31.7 Å². The van der Waals surface area contributed by atoms with E-state index in [-0.39, 0.29) is 0 Å². The van der Waals surface area contributed by atoms with E-state index in [2.05, 4.69) is 20.3 Å². The van der Waals surface area contributed by atoms with Gasteiger partial charge in [0.1, 0.15) is 5.15 Å². The Morgan fingerprint density at radius 3 is 2.39 bits per heavy atom. The van der Waals surface area contributed by atoms with E-state index in [1.165, 1.54) is 0 Å². The van der Waals surface area contributed by atoms with Gasteiger partial charge in [-0.15, -0.1) is 0 Å². The van der Waals surface area contributed by atoms with E-state index < -0.39 is 5.60 Å². The van der Waals surface area contributed by atoms with Crippen LogP contribution in [0.4, 0.5) is 5.69 Å². The third kappa shape index (κ3) is 3.44. The number of imidazole rings is 1. The summed E-state index contributed by atoms with van der Waals surface area (Å²) in [5.41, 5.74) is 3.93. The summed E-state index contributed by atoms with van der Waals surface area (Å²) in [5.74, 6) is 0. The molecule has 3 heterocycles. The van der Waals surface area contributed by atoms with Gasteiger partial charge in [0.15, 0.2) is 5.60 Å². The van der Waals surface area contributed by atoms with Gasteiger partial charge in [-0.25, -0.2) is 9.97 Å². The van der Waals surface area contributed by atoms with E-state index >= 15 is 0 Å². The van der Waals surface area contributed by atoms with Crippen LogP contribution in [0.1, 0.15) is 16.8 Å². The highest BCUT2D eigenvalue weighted by Gasteiger charge is 2.37. The largest absolute Gasteiger partial charge is 0.387 e. The third-order valence-corrected chi connectivity index (χ3v) is 6.23. The highest BCUT2D eigenvalue weighted by molar-refractivity contribution is 6.34. The van der Waals surface area contributed by atoms with Crippen LogP contribution in [-0.2, 0) is 12.6 Å². The Morgan fingerprint density at radius 1 is 0.970 bits per heavy atom. The Kier molecular flexibility index (Phi) is 5.32. The van der Waals surface area contributed by atoms with Crippen LogP contribution in [0.25, 0.3) is 22.0 Å². The Morgan fingerprint density at radius 2 is 1.73 bits per heavy atom. The number of aryl methyl sites for hydroxylation is 1. The maximum absolute atomic E-state index is 12.2. The van der Waals surface area contributed by atoms with Crippen LogP contribution in [0.5, 0.6) is 0 Å². The van der Waals surface area contributed by atoms with Crippen LogP contribution in [0.3, 0.4) is 0 Å². The van der Waals surface area contributed by atoms with Gasteiger partial charge in [-0.05, 0) is 41.0 Å². The number of benzene rings is 2. The Labute approximate surface area is 196 Å². The third-order valence-electron chi connectivity index (χ3n) is 5.96. The van der Waals surface area contributed by atoms with E-state index in [4.69, 9.17) is 11.6 Å². The molecule has 0 fully saturated rings. The number of halogens is 1. The minimum atomic E-state index is -1.44. The van der Waals surface area contributed by atoms with Crippen LogP contribution in [0.15, 0.2) is 85.6 Å². The molecule has 5 rings (SSSR count). The lowest BCUT2D eigenvalue weighted by atomic mass is 9.83. The van der Waals surface area contributed by atoms with Crippen molar-refractivity contribution in [2.45, 2.75) is 5.60 Å². The molecule has 0 saturated carbocycles. The summed E-state index contributed by atoms with van der Waals surface area (Å²) < 4.78 is 1.82. The van der Waals surface area contributed by atoms with Crippen molar-refractivity contribution in [3.63, 3.8) is 0 Å². The molecule has 1 unspecified atom stereocenters. The van der Waals surface area contributed by atoms with Crippen molar-refractivity contribution in [2.24, 2.45) is 7.05 Å². The molecule has 0 spiro atoms. The van der Waals surface area contributed by atoms with E-state index in [0.717, 1.165) is 27.7 Å². The first-order chi connectivity index (χ1) is 16.0. The standard InChI is InChI=1S/C26H22ClN5O/c1-28-24-20-14-19(8-9-21(20)31-25(27)23(24)17-6-4-3-5-7-17)26(33,18-10-12-29-13-11-18)22-15-30-16-32(22)2/h3-16,33H,1-2H3,(H,28,31). The van der Waals surface area contributed by atoms with Crippen molar-refractivity contribution in [3.05, 3.63) is 108 Å². The topological polar surface area (TPSA) is 75.9 Å². The van der Waals surface area contributed by atoms with Gasteiger partial charge in [0.2, 0.25) is 0 Å². The normalized spacial score (nSPS) is 13.1. The highest BCUT2D eigenvalue weighted by atomic mass is 35.5. The van der Waals surface area contributed by atoms with E-state index in [1.54, 1.807) is 24.9 Å². The molecule has 0 aliphatic rings. The molecule has 0 aliphatic heterocycles. The number of rotatable bonds is 5. The van der Waals surface area contributed by atoms with Gasteiger partial charge in [-0.2, -0.15) is 0 Å². The molecule has 164 valence electrons. The minimum absolute atomic E-state index is 0.418. The minimum Gasteiger partial charge on any atom is -0.387 e. The second kappa shape index (κ2) is 8.31. The molecule has 6 nitrogen and oxygen atoms in total. The SMILES string of the molecule is CNc1c(-c2ccccc2)c(Cl)nc2ccc(C(O)(c3ccncc3)c3cncn3C)cc12. The predicted molar refractivity (Wildman–Crippen MR) is 131 cm³/mol. The predicted octanol–water partition coefficient (Wildman–Crippen LogP) is 5.01. The summed E-state index contributed by atoms with van der Waals surface area (Å²) in [4.78, 5) is 13.0. The van der Waals surface area contributed by atoms with Crippen LogP contribution < -0.4 is 5.32 Å². The summed E-state index contributed by atoms with van der Waals surface area (Å²) in [7, 11) is 3.73. The molecule has 0 bridgehead atoms. The number of hydrogen-bond acceptors (Lipinski definition) is 5.